The smallest absolute Gasteiger partial charge is 0.244 e. The van der Waals surface area contributed by atoms with Crippen LogP contribution in [-0.2, 0) is 9.59 Å². The average molecular weight is 168 g/mol. The Balaban J connectivity index is 4.45. The SMILES string of the molecule is CCC(/C=C(\C)C(N)=O)N=C=O. The average Bonchev–Trinajstić information content (AvgIpc) is 2.03. The Morgan fingerprint density at radius 1 is 1.75 bits per heavy atom. The Kier molecular flexibility index (Phi) is 4.65. The predicted molar refractivity (Wildman–Crippen MR) is 45.2 cm³/mol. The Morgan fingerprint density at radius 3 is 2.67 bits per heavy atom. The molecule has 1 amide bonds. The van der Waals surface area contributed by atoms with Crippen molar-refractivity contribution in [2.24, 2.45) is 10.7 Å². The number of primary amides is 1. The highest BCUT2D eigenvalue weighted by Gasteiger charge is 2.03. The van der Waals surface area contributed by atoms with Gasteiger partial charge in [0.2, 0.25) is 12.0 Å². The van der Waals surface area contributed by atoms with Gasteiger partial charge in [0.15, 0.2) is 0 Å². The molecule has 0 aromatic rings. The highest BCUT2D eigenvalue weighted by Crippen LogP contribution is 2.02. The quantitative estimate of drug-likeness (QED) is 0.378. The third-order valence-electron chi connectivity index (χ3n) is 1.47. The standard InChI is InChI=1S/C8H12N2O2/c1-3-7(10-5-11)4-6(2)8(9)12/h4,7H,3H2,1-2H3,(H2,9,12)/b6-4+. The monoisotopic (exact) mass is 168 g/mol. The maximum atomic E-state index is 10.6. The first-order valence-corrected chi connectivity index (χ1v) is 3.67. The van der Waals surface area contributed by atoms with Gasteiger partial charge in [-0.25, -0.2) is 4.79 Å². The number of isocyanates is 1. The lowest BCUT2D eigenvalue weighted by Crippen LogP contribution is -2.13. The summed E-state index contributed by atoms with van der Waals surface area (Å²) in [6.07, 6.45) is 3.66. The van der Waals surface area contributed by atoms with Gasteiger partial charge in [0.25, 0.3) is 0 Å². The van der Waals surface area contributed by atoms with Crippen LogP contribution >= 0.6 is 0 Å². The molecule has 0 spiro atoms. The van der Waals surface area contributed by atoms with Gasteiger partial charge in [-0.3, -0.25) is 4.79 Å². The van der Waals surface area contributed by atoms with Crippen molar-refractivity contribution in [2.45, 2.75) is 26.3 Å². The summed E-state index contributed by atoms with van der Waals surface area (Å²) in [5.41, 5.74) is 5.41. The summed E-state index contributed by atoms with van der Waals surface area (Å²) < 4.78 is 0. The molecule has 0 aliphatic rings. The van der Waals surface area contributed by atoms with Gasteiger partial charge in [0.05, 0.1) is 6.04 Å². The van der Waals surface area contributed by atoms with Crippen LogP contribution in [0.4, 0.5) is 0 Å². The lowest BCUT2D eigenvalue weighted by Gasteiger charge is -2.01. The van der Waals surface area contributed by atoms with Crippen LogP contribution in [0.15, 0.2) is 16.6 Å². The van der Waals surface area contributed by atoms with E-state index in [1.807, 2.05) is 6.92 Å². The van der Waals surface area contributed by atoms with Crippen LogP contribution in [0.1, 0.15) is 20.3 Å². The summed E-state index contributed by atoms with van der Waals surface area (Å²) in [5, 5.41) is 0. The topological polar surface area (TPSA) is 72.5 Å². The second-order valence-electron chi connectivity index (χ2n) is 2.41. The number of nitrogens with zero attached hydrogens (tertiary/aromatic N) is 1. The summed E-state index contributed by atoms with van der Waals surface area (Å²) in [4.78, 5) is 23.9. The zero-order chi connectivity index (χ0) is 9.56. The summed E-state index contributed by atoms with van der Waals surface area (Å²) in [5.74, 6) is -0.491. The third-order valence-corrected chi connectivity index (χ3v) is 1.47. The minimum Gasteiger partial charge on any atom is -0.366 e. The molecule has 1 atom stereocenters. The number of carbonyl (C=O) groups excluding carboxylic acids is 2. The van der Waals surface area contributed by atoms with Crippen LogP contribution in [0.2, 0.25) is 0 Å². The van der Waals surface area contributed by atoms with Crippen molar-refractivity contribution < 1.29 is 9.59 Å². The van der Waals surface area contributed by atoms with Crippen molar-refractivity contribution in [3.05, 3.63) is 11.6 Å². The van der Waals surface area contributed by atoms with E-state index < -0.39 is 5.91 Å². The third kappa shape index (κ3) is 3.68. The van der Waals surface area contributed by atoms with Gasteiger partial charge in [-0.1, -0.05) is 13.0 Å². The molecule has 2 N–H and O–H groups in total. The highest BCUT2D eigenvalue weighted by atomic mass is 16.1. The Labute approximate surface area is 71.2 Å². The van der Waals surface area contributed by atoms with Crippen molar-refractivity contribution in [1.82, 2.24) is 0 Å². The molecule has 0 fully saturated rings. The van der Waals surface area contributed by atoms with Crippen LogP contribution in [0.5, 0.6) is 0 Å². The van der Waals surface area contributed by atoms with Crippen LogP contribution in [-0.4, -0.2) is 18.0 Å². The molecular formula is C8H12N2O2. The van der Waals surface area contributed by atoms with E-state index in [9.17, 15) is 9.59 Å². The van der Waals surface area contributed by atoms with Crippen molar-refractivity contribution in [3.8, 4) is 0 Å². The number of hydrogen-bond acceptors (Lipinski definition) is 3. The fourth-order valence-corrected chi connectivity index (χ4v) is 0.685. The van der Waals surface area contributed by atoms with Crippen molar-refractivity contribution >= 4 is 12.0 Å². The van der Waals surface area contributed by atoms with E-state index in [0.717, 1.165) is 0 Å². The Morgan fingerprint density at radius 2 is 2.33 bits per heavy atom. The van der Waals surface area contributed by atoms with Gasteiger partial charge in [0, 0.05) is 5.57 Å². The molecule has 66 valence electrons. The summed E-state index contributed by atoms with van der Waals surface area (Å²) >= 11 is 0. The molecule has 0 radical (unpaired) electrons. The van der Waals surface area contributed by atoms with Crippen LogP contribution in [0.3, 0.4) is 0 Å². The first-order chi connectivity index (χ1) is 5.61. The lowest BCUT2D eigenvalue weighted by atomic mass is 10.1. The molecular weight excluding hydrogens is 156 g/mol. The molecule has 4 nitrogen and oxygen atoms in total. The molecule has 0 aliphatic carbocycles. The number of nitrogens with two attached hydrogens (primary N) is 1. The number of amides is 1. The normalized spacial score (nSPS) is 13.3. The summed E-state index contributed by atoms with van der Waals surface area (Å²) in [6.45, 7) is 3.45. The van der Waals surface area contributed by atoms with Crippen LogP contribution in [0.25, 0.3) is 0 Å². The van der Waals surface area contributed by atoms with Crippen molar-refractivity contribution in [1.29, 1.82) is 0 Å². The second kappa shape index (κ2) is 5.27. The molecule has 0 bridgehead atoms. The van der Waals surface area contributed by atoms with Crippen LogP contribution < -0.4 is 5.73 Å². The van der Waals surface area contributed by atoms with E-state index in [1.165, 1.54) is 6.08 Å². The first-order valence-electron chi connectivity index (χ1n) is 3.67. The molecule has 0 heterocycles. The van der Waals surface area contributed by atoms with Crippen molar-refractivity contribution in [3.63, 3.8) is 0 Å². The molecule has 0 saturated heterocycles. The zero-order valence-electron chi connectivity index (χ0n) is 7.20. The van der Waals surface area contributed by atoms with Crippen LogP contribution in [0, 0.1) is 0 Å². The zero-order valence-corrected chi connectivity index (χ0v) is 7.20. The number of rotatable bonds is 4. The van der Waals surface area contributed by atoms with Gasteiger partial charge >= 0.3 is 0 Å². The van der Waals surface area contributed by atoms with Crippen molar-refractivity contribution in [2.75, 3.05) is 0 Å². The molecule has 1 unspecified atom stereocenters. The largest absolute Gasteiger partial charge is 0.366 e. The molecule has 0 aromatic heterocycles. The van der Waals surface area contributed by atoms with E-state index in [-0.39, 0.29) is 6.04 Å². The summed E-state index contributed by atoms with van der Waals surface area (Å²) in [6, 6.07) is -0.282. The van der Waals surface area contributed by atoms with Gasteiger partial charge < -0.3 is 5.73 Å². The van der Waals surface area contributed by atoms with E-state index in [0.29, 0.717) is 12.0 Å². The van der Waals surface area contributed by atoms with E-state index in [1.54, 1.807) is 13.0 Å². The maximum Gasteiger partial charge on any atom is 0.244 e. The first kappa shape index (κ1) is 10.6. The van der Waals surface area contributed by atoms with E-state index in [4.69, 9.17) is 5.73 Å². The number of aliphatic imine (C=N–C) groups is 1. The van der Waals surface area contributed by atoms with Gasteiger partial charge in [-0.15, -0.1) is 0 Å². The Bertz CT molecular complexity index is 239. The molecule has 0 aromatic carbocycles. The molecule has 12 heavy (non-hydrogen) atoms. The minimum atomic E-state index is -0.491. The number of hydrogen-bond donors (Lipinski definition) is 1. The second-order valence-corrected chi connectivity index (χ2v) is 2.41. The lowest BCUT2D eigenvalue weighted by molar-refractivity contribution is -0.114. The van der Waals surface area contributed by atoms with E-state index >= 15 is 0 Å². The maximum absolute atomic E-state index is 10.6. The van der Waals surface area contributed by atoms with E-state index in [2.05, 4.69) is 4.99 Å². The van der Waals surface area contributed by atoms with Gasteiger partial charge in [0.1, 0.15) is 0 Å². The summed E-state index contributed by atoms with van der Waals surface area (Å²) in [7, 11) is 0. The highest BCUT2D eigenvalue weighted by molar-refractivity contribution is 5.91. The molecule has 4 heteroatoms. The Hall–Kier alpha value is -1.41. The minimum absolute atomic E-state index is 0.282. The van der Waals surface area contributed by atoms with Gasteiger partial charge in [-0.2, -0.15) is 4.99 Å². The molecule has 0 aliphatic heterocycles. The molecule has 0 rings (SSSR count). The predicted octanol–water partition coefficient (Wildman–Crippen LogP) is 0.532. The molecule has 0 saturated carbocycles. The van der Waals surface area contributed by atoms with Gasteiger partial charge in [-0.05, 0) is 13.3 Å². The number of carbonyl (C=O) groups is 1. The fraction of sp³-hybridized carbons (Fsp3) is 0.500. The fourth-order valence-electron chi connectivity index (χ4n) is 0.685.